The second kappa shape index (κ2) is 18.9. The van der Waals surface area contributed by atoms with Gasteiger partial charge in [0.05, 0.1) is 12.1 Å². The lowest BCUT2D eigenvalue weighted by atomic mass is 10.2. The molecule has 2 amide bonds. The lowest BCUT2D eigenvalue weighted by molar-refractivity contribution is -0.122. The van der Waals surface area contributed by atoms with Crippen molar-refractivity contribution >= 4 is 37.1 Å². The van der Waals surface area contributed by atoms with E-state index in [1.54, 1.807) is 0 Å². The molecule has 0 bridgehead atoms. The maximum Gasteiger partial charge on any atom is 0.237 e. The van der Waals surface area contributed by atoms with Gasteiger partial charge in [0.2, 0.25) is 11.8 Å². The van der Waals surface area contributed by atoms with Crippen LogP contribution in [-0.2, 0) is 9.59 Å². The number of carbonyl (C=O) groups excluding carboxylic acids is 2. The molecule has 0 rings (SSSR count). The molecule has 0 heterocycles. The van der Waals surface area contributed by atoms with E-state index in [4.69, 9.17) is 11.5 Å². The molecule has 0 aliphatic rings. The highest BCUT2D eigenvalue weighted by atomic mass is 32.1. The van der Waals surface area contributed by atoms with Crippen molar-refractivity contribution in [2.45, 2.75) is 64.5 Å². The molecule has 0 saturated heterocycles. The lowest BCUT2D eigenvalue weighted by Gasteiger charge is -2.08. The summed E-state index contributed by atoms with van der Waals surface area (Å²) >= 11 is 7.86. The Labute approximate surface area is 158 Å². The number of unbranched alkanes of at least 4 members (excludes halogenated alkanes) is 4. The number of carbonyl (C=O) groups is 2. The molecule has 24 heavy (non-hydrogen) atoms. The van der Waals surface area contributed by atoms with E-state index in [-0.39, 0.29) is 11.8 Å². The quantitative estimate of drug-likeness (QED) is 0.225. The fourth-order valence-corrected chi connectivity index (χ4v) is 1.91. The standard InChI is InChI=1S/C9H20N2OS.C7H16N2OS/c1-2-3-4-5-6-11-9(12)8(10)7-13;1-2-3-4-9-7(10)6(8)5-11/h8,13H,2-7,10H2,1H3,(H,11,12);6,11H,2-5,8H2,1H3,(H,9,10). The smallest absolute Gasteiger partial charge is 0.237 e. The molecular weight excluding hydrogens is 344 g/mol. The molecule has 0 aliphatic carbocycles. The van der Waals surface area contributed by atoms with Crippen LogP contribution in [-0.4, -0.2) is 48.5 Å². The summed E-state index contributed by atoms with van der Waals surface area (Å²) in [6.07, 6.45) is 6.74. The van der Waals surface area contributed by atoms with E-state index in [2.05, 4.69) is 49.7 Å². The maximum atomic E-state index is 11.1. The molecule has 0 spiro atoms. The van der Waals surface area contributed by atoms with Crippen LogP contribution in [0, 0.1) is 0 Å². The normalized spacial score (nSPS) is 12.6. The first kappa shape index (κ1) is 25.8. The number of nitrogens with two attached hydrogens (primary N) is 2. The Morgan fingerprint density at radius 3 is 1.58 bits per heavy atom. The van der Waals surface area contributed by atoms with Crippen molar-refractivity contribution in [3.8, 4) is 0 Å². The minimum atomic E-state index is -0.463. The molecule has 0 aromatic carbocycles. The Balaban J connectivity index is 0. The first-order valence-corrected chi connectivity index (χ1v) is 9.99. The zero-order valence-corrected chi connectivity index (χ0v) is 16.9. The molecule has 0 aliphatic heterocycles. The molecule has 0 aromatic rings. The highest BCUT2D eigenvalue weighted by molar-refractivity contribution is 7.80. The molecule has 6 nitrogen and oxygen atoms in total. The maximum absolute atomic E-state index is 11.1. The van der Waals surface area contributed by atoms with Crippen molar-refractivity contribution in [2.75, 3.05) is 24.6 Å². The zero-order chi connectivity index (χ0) is 18.8. The fourth-order valence-electron chi connectivity index (χ4n) is 1.58. The summed E-state index contributed by atoms with van der Waals surface area (Å²) in [7, 11) is 0. The van der Waals surface area contributed by atoms with Crippen LogP contribution in [0.15, 0.2) is 0 Å². The van der Waals surface area contributed by atoms with Gasteiger partial charge in [-0.2, -0.15) is 25.3 Å². The largest absolute Gasteiger partial charge is 0.355 e. The van der Waals surface area contributed by atoms with Crippen LogP contribution in [0.25, 0.3) is 0 Å². The lowest BCUT2D eigenvalue weighted by Crippen LogP contribution is -2.42. The summed E-state index contributed by atoms with van der Waals surface area (Å²) in [6, 6.07) is -0.926. The number of thiol groups is 2. The minimum Gasteiger partial charge on any atom is -0.355 e. The van der Waals surface area contributed by atoms with Gasteiger partial charge in [-0.1, -0.05) is 39.5 Å². The third-order valence-electron chi connectivity index (χ3n) is 3.23. The van der Waals surface area contributed by atoms with Crippen LogP contribution < -0.4 is 22.1 Å². The molecule has 6 N–H and O–H groups in total. The molecule has 2 unspecified atom stereocenters. The number of hydrogen-bond acceptors (Lipinski definition) is 6. The van der Waals surface area contributed by atoms with Gasteiger partial charge in [-0.25, -0.2) is 0 Å². The molecular formula is C16H36N4O2S2. The highest BCUT2D eigenvalue weighted by Crippen LogP contribution is 1.97. The highest BCUT2D eigenvalue weighted by Gasteiger charge is 2.09. The zero-order valence-electron chi connectivity index (χ0n) is 15.1. The monoisotopic (exact) mass is 380 g/mol. The van der Waals surface area contributed by atoms with E-state index in [1.807, 2.05) is 0 Å². The van der Waals surface area contributed by atoms with E-state index in [0.717, 1.165) is 32.4 Å². The van der Waals surface area contributed by atoms with Gasteiger partial charge in [0.25, 0.3) is 0 Å². The van der Waals surface area contributed by atoms with Gasteiger partial charge in [-0.15, -0.1) is 0 Å². The molecule has 144 valence electrons. The van der Waals surface area contributed by atoms with E-state index in [0.29, 0.717) is 11.5 Å². The summed E-state index contributed by atoms with van der Waals surface area (Å²) in [5.74, 6) is 0.610. The molecule has 2 atom stereocenters. The van der Waals surface area contributed by atoms with Crippen molar-refractivity contribution in [3.63, 3.8) is 0 Å². The molecule has 0 saturated carbocycles. The number of nitrogens with one attached hydrogen (secondary N) is 2. The van der Waals surface area contributed by atoms with Gasteiger partial charge in [-0.3, -0.25) is 9.59 Å². The van der Waals surface area contributed by atoms with Crippen molar-refractivity contribution in [1.82, 2.24) is 10.6 Å². The van der Waals surface area contributed by atoms with Gasteiger partial charge in [0.1, 0.15) is 0 Å². The van der Waals surface area contributed by atoms with Crippen LogP contribution >= 0.6 is 25.3 Å². The Morgan fingerprint density at radius 2 is 1.21 bits per heavy atom. The van der Waals surface area contributed by atoms with Crippen LogP contribution in [0.2, 0.25) is 0 Å². The van der Waals surface area contributed by atoms with Crippen LogP contribution in [0.1, 0.15) is 52.4 Å². The number of rotatable bonds is 12. The first-order chi connectivity index (χ1) is 11.4. The SMILES string of the molecule is CCCCCCNC(=O)C(N)CS.CCCCNC(=O)C(N)CS. The fraction of sp³-hybridized carbons (Fsp3) is 0.875. The van der Waals surface area contributed by atoms with Crippen molar-refractivity contribution < 1.29 is 9.59 Å². The summed E-state index contributed by atoms with van der Waals surface area (Å²) in [5.41, 5.74) is 10.9. The molecule has 0 fully saturated rings. The van der Waals surface area contributed by atoms with E-state index in [9.17, 15) is 9.59 Å². The average molecular weight is 381 g/mol. The topological polar surface area (TPSA) is 110 Å². The summed E-state index contributed by atoms with van der Waals surface area (Å²) in [5, 5.41) is 5.50. The van der Waals surface area contributed by atoms with Crippen molar-refractivity contribution in [2.24, 2.45) is 11.5 Å². The van der Waals surface area contributed by atoms with Gasteiger partial charge in [0.15, 0.2) is 0 Å². The predicted octanol–water partition coefficient (Wildman–Crippen LogP) is 1.10. The van der Waals surface area contributed by atoms with E-state index in [1.165, 1.54) is 19.3 Å². The molecule has 0 aromatic heterocycles. The Hall–Kier alpha value is -0.440. The van der Waals surface area contributed by atoms with Crippen molar-refractivity contribution in [3.05, 3.63) is 0 Å². The van der Waals surface area contributed by atoms with Gasteiger partial charge >= 0.3 is 0 Å². The number of hydrogen-bond donors (Lipinski definition) is 6. The molecule has 8 heteroatoms. The van der Waals surface area contributed by atoms with Crippen LogP contribution in [0.4, 0.5) is 0 Å². The Morgan fingerprint density at radius 1 is 0.792 bits per heavy atom. The number of amides is 2. The predicted molar refractivity (Wildman–Crippen MR) is 109 cm³/mol. The Bertz CT molecular complexity index is 320. The van der Waals surface area contributed by atoms with Crippen LogP contribution in [0.3, 0.4) is 0 Å². The Kier molecular flexibility index (Phi) is 20.3. The van der Waals surface area contributed by atoms with Crippen LogP contribution in [0.5, 0.6) is 0 Å². The van der Waals surface area contributed by atoms with E-state index < -0.39 is 12.1 Å². The second-order valence-corrected chi connectivity index (χ2v) is 6.30. The summed E-state index contributed by atoms with van der Waals surface area (Å²) in [6.45, 7) is 5.69. The third-order valence-corrected chi connectivity index (χ3v) is 4.01. The second-order valence-electron chi connectivity index (χ2n) is 5.57. The minimum absolute atomic E-state index is 0.0912. The summed E-state index contributed by atoms with van der Waals surface area (Å²) < 4.78 is 0. The molecule has 0 radical (unpaired) electrons. The van der Waals surface area contributed by atoms with Gasteiger partial charge in [0, 0.05) is 24.6 Å². The van der Waals surface area contributed by atoms with Gasteiger partial charge in [-0.05, 0) is 12.8 Å². The van der Waals surface area contributed by atoms with Crippen molar-refractivity contribution in [1.29, 1.82) is 0 Å². The van der Waals surface area contributed by atoms with E-state index >= 15 is 0 Å². The first-order valence-electron chi connectivity index (χ1n) is 8.72. The van der Waals surface area contributed by atoms with Gasteiger partial charge < -0.3 is 22.1 Å². The summed E-state index contributed by atoms with van der Waals surface area (Å²) in [4.78, 5) is 22.1. The third kappa shape index (κ3) is 16.4. The average Bonchev–Trinajstić information content (AvgIpc) is 2.60.